The lowest BCUT2D eigenvalue weighted by Crippen LogP contribution is -2.73. The molecule has 0 radical (unpaired) electrons. The molecule has 35 heavy (non-hydrogen) atoms. The Hall–Kier alpha value is -3.35. The van der Waals surface area contributed by atoms with E-state index in [0.29, 0.717) is 38.2 Å². The number of imide groups is 1. The maximum absolute atomic E-state index is 13.6. The van der Waals surface area contributed by atoms with Crippen molar-refractivity contribution in [1.82, 2.24) is 15.1 Å². The summed E-state index contributed by atoms with van der Waals surface area (Å²) in [5.41, 5.74) is 2.39. The monoisotopic (exact) mass is 479 g/mol. The molecule has 0 spiro atoms. The highest BCUT2D eigenvalue weighted by Gasteiger charge is 2.63. The molecule has 7 heteroatoms. The second-order valence-electron chi connectivity index (χ2n) is 9.25. The zero-order chi connectivity index (χ0) is 25.6. The minimum Gasteiger partial charge on any atom is -0.469 e. The van der Waals surface area contributed by atoms with E-state index in [1.165, 1.54) is 11.8 Å². The summed E-state index contributed by atoms with van der Waals surface area (Å²) in [7, 11) is 0. The first-order chi connectivity index (χ1) is 16.7. The van der Waals surface area contributed by atoms with E-state index < -0.39 is 11.6 Å². The number of nitrogens with zero attached hydrogens (tertiary/aromatic N) is 2. The molecule has 1 atom stereocenters. The molecule has 1 heterocycles. The highest BCUT2D eigenvalue weighted by molar-refractivity contribution is 6.03. The van der Waals surface area contributed by atoms with Crippen molar-refractivity contribution in [2.45, 2.75) is 73.2 Å². The fourth-order valence-electron chi connectivity index (χ4n) is 4.51. The molecule has 2 aromatic rings. The number of carbonyl (C=O) groups excluding carboxylic acids is 3. The molecule has 1 aliphatic rings. The van der Waals surface area contributed by atoms with Gasteiger partial charge < -0.3 is 15.0 Å². The zero-order valence-corrected chi connectivity index (χ0v) is 21.5. The largest absolute Gasteiger partial charge is 0.469 e. The summed E-state index contributed by atoms with van der Waals surface area (Å²) in [5, 5.41) is 2.77. The van der Waals surface area contributed by atoms with Crippen LogP contribution in [-0.2, 0) is 22.7 Å². The normalized spacial score (nSPS) is 16.4. The summed E-state index contributed by atoms with van der Waals surface area (Å²) in [4.78, 5) is 41.2. The van der Waals surface area contributed by atoms with Crippen molar-refractivity contribution >= 4 is 17.8 Å². The Labute approximate surface area is 208 Å². The topological polar surface area (TPSA) is 79.0 Å². The van der Waals surface area contributed by atoms with Gasteiger partial charge in [0, 0.05) is 26.6 Å². The number of nitrogens with one attached hydrogen (secondary N) is 1. The average molecular weight is 480 g/mol. The molecule has 0 bridgehead atoms. The summed E-state index contributed by atoms with van der Waals surface area (Å²) in [5.74, 6) is 0.314. The van der Waals surface area contributed by atoms with E-state index in [9.17, 15) is 14.4 Å². The molecular weight excluding hydrogens is 442 g/mol. The molecule has 0 saturated carbocycles. The lowest BCUT2D eigenvalue weighted by atomic mass is 9.72. The lowest BCUT2D eigenvalue weighted by molar-refractivity contribution is -0.192. The predicted molar refractivity (Wildman–Crippen MR) is 136 cm³/mol. The number of aryl methyl sites for hydroxylation is 1. The van der Waals surface area contributed by atoms with Gasteiger partial charge in [0.2, 0.25) is 11.8 Å². The highest BCUT2D eigenvalue weighted by Crippen LogP contribution is 2.46. The Morgan fingerprint density at radius 1 is 1.00 bits per heavy atom. The first kappa shape index (κ1) is 26.3. The van der Waals surface area contributed by atoms with E-state index in [4.69, 9.17) is 4.74 Å². The van der Waals surface area contributed by atoms with Crippen molar-refractivity contribution in [3.8, 4) is 5.75 Å². The first-order valence-electron chi connectivity index (χ1n) is 12.4. The Morgan fingerprint density at radius 3 is 2.14 bits per heavy atom. The summed E-state index contributed by atoms with van der Waals surface area (Å²) >= 11 is 0. The molecule has 4 amide bonds. The van der Waals surface area contributed by atoms with E-state index in [2.05, 4.69) is 5.32 Å². The molecular formula is C28H37N3O4. The third-order valence-electron chi connectivity index (χ3n) is 6.79. The zero-order valence-electron chi connectivity index (χ0n) is 21.5. The van der Waals surface area contributed by atoms with Crippen molar-refractivity contribution in [3.05, 3.63) is 65.2 Å². The van der Waals surface area contributed by atoms with Gasteiger partial charge in [-0.1, -0.05) is 62.7 Å². The molecule has 1 unspecified atom stereocenters. The second kappa shape index (κ2) is 11.4. The van der Waals surface area contributed by atoms with Crippen molar-refractivity contribution < 1.29 is 19.1 Å². The molecule has 2 aromatic carbocycles. The van der Waals surface area contributed by atoms with Crippen LogP contribution in [0.15, 0.2) is 48.5 Å². The SMILES string of the molecule is CCCN(Cc1ccc(C)cc1)C(=O)N1C(=O)C(CC)(CC)C1Oc1ccc(CNC(C)=O)cc1. The number of ether oxygens (including phenoxy) is 1. The van der Waals surface area contributed by atoms with Crippen molar-refractivity contribution in [2.24, 2.45) is 5.41 Å². The molecule has 1 N–H and O–H groups in total. The molecule has 1 aliphatic heterocycles. The van der Waals surface area contributed by atoms with Gasteiger partial charge in [0.15, 0.2) is 6.23 Å². The van der Waals surface area contributed by atoms with Gasteiger partial charge in [-0.2, -0.15) is 0 Å². The van der Waals surface area contributed by atoms with Gasteiger partial charge >= 0.3 is 6.03 Å². The lowest BCUT2D eigenvalue weighted by Gasteiger charge is -2.54. The van der Waals surface area contributed by atoms with Gasteiger partial charge in [0.05, 0.1) is 0 Å². The Balaban J connectivity index is 1.81. The van der Waals surface area contributed by atoms with Crippen LogP contribution in [0.5, 0.6) is 5.75 Å². The van der Waals surface area contributed by atoms with E-state index in [1.54, 1.807) is 4.90 Å². The van der Waals surface area contributed by atoms with Gasteiger partial charge in [-0.25, -0.2) is 9.69 Å². The summed E-state index contributed by atoms with van der Waals surface area (Å²) in [6, 6.07) is 15.1. The van der Waals surface area contributed by atoms with Gasteiger partial charge in [-0.15, -0.1) is 0 Å². The Morgan fingerprint density at radius 2 is 1.60 bits per heavy atom. The Kier molecular flexibility index (Phi) is 8.54. The van der Waals surface area contributed by atoms with Gasteiger partial charge in [0.25, 0.3) is 0 Å². The van der Waals surface area contributed by atoms with Gasteiger partial charge in [0.1, 0.15) is 11.2 Å². The van der Waals surface area contributed by atoms with Crippen LogP contribution in [0.2, 0.25) is 0 Å². The van der Waals surface area contributed by atoms with Crippen LogP contribution in [0.1, 0.15) is 63.6 Å². The van der Waals surface area contributed by atoms with Crippen LogP contribution in [0.4, 0.5) is 4.79 Å². The maximum Gasteiger partial charge on any atom is 0.330 e. The van der Waals surface area contributed by atoms with Gasteiger partial charge in [-0.3, -0.25) is 9.59 Å². The van der Waals surface area contributed by atoms with E-state index in [-0.39, 0.29) is 17.8 Å². The minimum absolute atomic E-state index is 0.0922. The second-order valence-corrected chi connectivity index (χ2v) is 9.25. The molecule has 188 valence electrons. The molecule has 1 fully saturated rings. The van der Waals surface area contributed by atoms with E-state index in [1.807, 2.05) is 76.2 Å². The molecule has 0 aromatic heterocycles. The highest BCUT2D eigenvalue weighted by atomic mass is 16.5. The number of likely N-dealkylation sites (tertiary alicyclic amines) is 1. The molecule has 7 nitrogen and oxygen atoms in total. The Bertz CT molecular complexity index is 1030. The summed E-state index contributed by atoms with van der Waals surface area (Å²) in [6.45, 7) is 10.9. The fraction of sp³-hybridized carbons (Fsp3) is 0.464. The summed E-state index contributed by atoms with van der Waals surface area (Å²) in [6.07, 6.45) is 1.29. The number of carbonyl (C=O) groups is 3. The first-order valence-corrected chi connectivity index (χ1v) is 12.4. The molecule has 3 rings (SSSR count). The fourth-order valence-corrected chi connectivity index (χ4v) is 4.51. The number of β-lactam (4-membered cyclic amide) rings is 1. The third-order valence-corrected chi connectivity index (χ3v) is 6.79. The third kappa shape index (κ3) is 5.66. The molecule has 1 saturated heterocycles. The van der Waals surface area contributed by atoms with Crippen molar-refractivity contribution in [3.63, 3.8) is 0 Å². The van der Waals surface area contributed by atoms with E-state index >= 15 is 0 Å². The van der Waals surface area contributed by atoms with E-state index in [0.717, 1.165) is 23.1 Å². The standard InChI is InChI=1S/C28H37N3O4/c1-6-17-30(19-23-11-9-20(4)10-12-23)27(34)31-25(33)28(7-2,8-3)26(31)35-24-15-13-22(14-16-24)18-29-21(5)32/h9-16,26H,6-8,17-19H2,1-5H3,(H,29,32). The number of hydrogen-bond acceptors (Lipinski definition) is 4. The van der Waals surface area contributed by atoms with Crippen LogP contribution in [0.25, 0.3) is 0 Å². The van der Waals surface area contributed by atoms with Crippen LogP contribution >= 0.6 is 0 Å². The van der Waals surface area contributed by atoms with Crippen LogP contribution in [-0.4, -0.2) is 40.4 Å². The average Bonchev–Trinajstić information content (AvgIpc) is 2.85. The number of rotatable bonds is 10. The van der Waals surface area contributed by atoms with Crippen LogP contribution in [0, 0.1) is 12.3 Å². The summed E-state index contributed by atoms with van der Waals surface area (Å²) < 4.78 is 6.30. The number of hydrogen-bond donors (Lipinski definition) is 1. The number of amides is 4. The minimum atomic E-state index is -0.730. The van der Waals surface area contributed by atoms with Crippen LogP contribution in [0.3, 0.4) is 0 Å². The van der Waals surface area contributed by atoms with Crippen LogP contribution < -0.4 is 10.1 Å². The number of benzene rings is 2. The predicted octanol–water partition coefficient (Wildman–Crippen LogP) is 5.02. The smallest absolute Gasteiger partial charge is 0.330 e. The number of urea groups is 1. The van der Waals surface area contributed by atoms with Gasteiger partial charge in [-0.05, 0) is 49.4 Å². The maximum atomic E-state index is 13.6. The molecule has 0 aliphatic carbocycles. The van der Waals surface area contributed by atoms with Crippen molar-refractivity contribution in [1.29, 1.82) is 0 Å². The quantitative estimate of drug-likeness (QED) is 0.486. The van der Waals surface area contributed by atoms with Crippen molar-refractivity contribution in [2.75, 3.05) is 6.54 Å².